The molecule has 1 saturated heterocycles. The Morgan fingerprint density at radius 1 is 1.22 bits per heavy atom. The third-order valence-electron chi connectivity index (χ3n) is 5.26. The molecule has 0 N–H and O–H groups in total. The van der Waals surface area contributed by atoms with Crippen molar-refractivity contribution in [3.8, 4) is 0 Å². The van der Waals surface area contributed by atoms with Gasteiger partial charge < -0.3 is 19.4 Å². The van der Waals surface area contributed by atoms with Crippen LogP contribution in [0.5, 0.6) is 0 Å². The molecule has 3 rings (SSSR count). The number of rotatable bonds is 8. The average molecular weight is 444 g/mol. The van der Waals surface area contributed by atoms with Crippen molar-refractivity contribution in [3.05, 3.63) is 47.7 Å². The van der Waals surface area contributed by atoms with E-state index in [2.05, 4.69) is 9.97 Å². The standard InChI is InChI=1S/C23H30FN5O3/c1-15(2)32-14-23(31)28(5)13-20-25-19(11-21(26-20)27(3)4)16-10-22(30)29(12-16)18-8-6-17(24)7-9-18/h6-9,11,15-16H,10,12-14H2,1-5H3/t16-/m0/s1. The molecule has 1 aliphatic rings. The largest absolute Gasteiger partial charge is 0.369 e. The first-order valence-electron chi connectivity index (χ1n) is 10.6. The molecule has 9 heteroatoms. The van der Waals surface area contributed by atoms with Gasteiger partial charge in [-0.25, -0.2) is 14.4 Å². The number of anilines is 2. The zero-order chi connectivity index (χ0) is 23.4. The van der Waals surface area contributed by atoms with Gasteiger partial charge in [0.25, 0.3) is 0 Å². The van der Waals surface area contributed by atoms with Crippen molar-refractivity contribution in [3.63, 3.8) is 0 Å². The van der Waals surface area contributed by atoms with Gasteiger partial charge in [0.1, 0.15) is 24.1 Å². The number of hydrogen-bond donors (Lipinski definition) is 0. The highest BCUT2D eigenvalue weighted by Crippen LogP contribution is 2.32. The highest BCUT2D eigenvalue weighted by Gasteiger charge is 2.33. The quantitative estimate of drug-likeness (QED) is 0.624. The molecular weight excluding hydrogens is 413 g/mol. The number of benzene rings is 1. The Morgan fingerprint density at radius 2 is 1.91 bits per heavy atom. The van der Waals surface area contributed by atoms with Gasteiger partial charge in [0.2, 0.25) is 11.8 Å². The van der Waals surface area contributed by atoms with Crippen molar-refractivity contribution in [2.75, 3.05) is 44.1 Å². The lowest BCUT2D eigenvalue weighted by atomic mass is 10.0. The molecule has 0 bridgehead atoms. The molecule has 8 nitrogen and oxygen atoms in total. The van der Waals surface area contributed by atoms with Crippen LogP contribution in [0.15, 0.2) is 30.3 Å². The number of halogens is 1. The lowest BCUT2D eigenvalue weighted by Crippen LogP contribution is -2.32. The minimum atomic E-state index is -0.342. The van der Waals surface area contributed by atoms with Crippen LogP contribution in [0.4, 0.5) is 15.9 Å². The normalized spacial score (nSPS) is 16.0. The highest BCUT2D eigenvalue weighted by atomic mass is 19.1. The molecule has 2 aromatic rings. The second-order valence-electron chi connectivity index (χ2n) is 8.45. The van der Waals surface area contributed by atoms with Crippen LogP contribution in [0, 0.1) is 5.82 Å². The van der Waals surface area contributed by atoms with Gasteiger partial charge >= 0.3 is 0 Å². The summed E-state index contributed by atoms with van der Waals surface area (Å²) in [4.78, 5) is 39.3. The Morgan fingerprint density at radius 3 is 2.53 bits per heavy atom. The second kappa shape index (κ2) is 10.0. The fourth-order valence-corrected chi connectivity index (χ4v) is 3.44. The predicted octanol–water partition coefficient (Wildman–Crippen LogP) is 2.59. The van der Waals surface area contributed by atoms with Crippen LogP contribution >= 0.6 is 0 Å². The van der Waals surface area contributed by atoms with Crippen LogP contribution in [-0.4, -0.2) is 67.1 Å². The van der Waals surface area contributed by atoms with Gasteiger partial charge in [-0.15, -0.1) is 0 Å². The molecule has 1 aromatic carbocycles. The maximum atomic E-state index is 13.3. The van der Waals surface area contributed by atoms with E-state index < -0.39 is 0 Å². The van der Waals surface area contributed by atoms with Gasteiger partial charge in [-0.3, -0.25) is 9.59 Å². The maximum absolute atomic E-state index is 13.3. The number of hydrogen-bond acceptors (Lipinski definition) is 6. The molecule has 0 unspecified atom stereocenters. The lowest BCUT2D eigenvalue weighted by molar-refractivity contribution is -0.136. The van der Waals surface area contributed by atoms with E-state index in [1.165, 1.54) is 17.0 Å². The summed E-state index contributed by atoms with van der Waals surface area (Å²) in [6, 6.07) is 7.77. The number of ether oxygens (including phenoxy) is 1. The van der Waals surface area contributed by atoms with Crippen molar-refractivity contribution >= 4 is 23.3 Å². The molecule has 0 spiro atoms. The Labute approximate surface area is 188 Å². The van der Waals surface area contributed by atoms with E-state index in [0.717, 1.165) is 5.69 Å². The summed E-state index contributed by atoms with van der Waals surface area (Å²) >= 11 is 0. The molecule has 32 heavy (non-hydrogen) atoms. The van der Waals surface area contributed by atoms with Gasteiger partial charge in [0.15, 0.2) is 0 Å². The lowest BCUT2D eigenvalue weighted by Gasteiger charge is -2.21. The Hall–Kier alpha value is -3.07. The zero-order valence-corrected chi connectivity index (χ0v) is 19.2. The molecule has 0 aliphatic carbocycles. The fraction of sp³-hybridized carbons (Fsp3) is 0.478. The number of aromatic nitrogens is 2. The van der Waals surface area contributed by atoms with Crippen LogP contribution in [0.3, 0.4) is 0 Å². The van der Waals surface area contributed by atoms with Crippen LogP contribution in [0.2, 0.25) is 0 Å². The van der Waals surface area contributed by atoms with E-state index in [9.17, 15) is 14.0 Å². The van der Waals surface area contributed by atoms with Gasteiger partial charge in [0, 0.05) is 51.8 Å². The predicted molar refractivity (Wildman–Crippen MR) is 120 cm³/mol. The zero-order valence-electron chi connectivity index (χ0n) is 19.2. The molecule has 0 radical (unpaired) electrons. The smallest absolute Gasteiger partial charge is 0.248 e. The Kier molecular flexibility index (Phi) is 7.40. The third-order valence-corrected chi connectivity index (χ3v) is 5.26. The molecule has 1 fully saturated rings. The summed E-state index contributed by atoms with van der Waals surface area (Å²) in [5, 5.41) is 0. The van der Waals surface area contributed by atoms with Crippen molar-refractivity contribution in [1.29, 1.82) is 0 Å². The monoisotopic (exact) mass is 443 g/mol. The topological polar surface area (TPSA) is 78.9 Å². The van der Waals surface area contributed by atoms with Crippen molar-refractivity contribution < 1.29 is 18.7 Å². The van der Waals surface area contributed by atoms with Crippen LogP contribution < -0.4 is 9.80 Å². The van der Waals surface area contributed by atoms with Gasteiger partial charge in [-0.05, 0) is 38.1 Å². The number of likely N-dealkylation sites (N-methyl/N-ethyl adjacent to an activating group) is 1. The van der Waals surface area contributed by atoms with E-state index in [1.54, 1.807) is 24.1 Å². The summed E-state index contributed by atoms with van der Waals surface area (Å²) < 4.78 is 18.7. The third kappa shape index (κ3) is 5.79. The molecule has 1 aliphatic heterocycles. The summed E-state index contributed by atoms with van der Waals surface area (Å²) in [5.74, 6) is 0.545. The maximum Gasteiger partial charge on any atom is 0.248 e. The van der Waals surface area contributed by atoms with Crippen LogP contribution in [0.1, 0.15) is 37.7 Å². The van der Waals surface area contributed by atoms with E-state index >= 15 is 0 Å². The van der Waals surface area contributed by atoms with Gasteiger partial charge in [-0.1, -0.05) is 0 Å². The first-order chi connectivity index (χ1) is 15.1. The van der Waals surface area contributed by atoms with E-state index in [1.807, 2.05) is 38.9 Å². The average Bonchev–Trinajstić information content (AvgIpc) is 3.13. The first-order valence-corrected chi connectivity index (χ1v) is 10.6. The van der Waals surface area contributed by atoms with E-state index in [-0.39, 0.29) is 42.8 Å². The number of amides is 2. The molecule has 172 valence electrons. The first kappa shape index (κ1) is 23.6. The molecule has 1 aromatic heterocycles. The highest BCUT2D eigenvalue weighted by molar-refractivity contribution is 5.96. The number of carbonyl (C=O) groups excluding carboxylic acids is 2. The van der Waals surface area contributed by atoms with Crippen LogP contribution in [-0.2, 0) is 20.9 Å². The SMILES string of the molecule is CC(C)OCC(=O)N(C)Cc1nc([C@H]2CC(=O)N(c3ccc(F)cc3)C2)cc(N(C)C)n1. The summed E-state index contributed by atoms with van der Waals surface area (Å²) in [5.41, 5.74) is 1.41. The molecule has 2 heterocycles. The van der Waals surface area contributed by atoms with Crippen molar-refractivity contribution in [1.82, 2.24) is 14.9 Å². The van der Waals surface area contributed by atoms with Crippen LogP contribution in [0.25, 0.3) is 0 Å². The fourth-order valence-electron chi connectivity index (χ4n) is 3.44. The number of nitrogens with zero attached hydrogens (tertiary/aromatic N) is 5. The number of carbonyl (C=O) groups is 2. The minimum absolute atomic E-state index is 0.00183. The Balaban J connectivity index is 1.79. The van der Waals surface area contributed by atoms with E-state index in [0.29, 0.717) is 30.3 Å². The van der Waals surface area contributed by atoms with Gasteiger partial charge in [-0.2, -0.15) is 0 Å². The molecule has 2 amide bonds. The molecule has 0 saturated carbocycles. The molecular formula is C23H30FN5O3. The Bertz CT molecular complexity index is 965. The summed E-state index contributed by atoms with van der Waals surface area (Å²) in [7, 11) is 5.45. The summed E-state index contributed by atoms with van der Waals surface area (Å²) in [6.07, 6.45) is 0.272. The van der Waals surface area contributed by atoms with Crippen molar-refractivity contribution in [2.24, 2.45) is 0 Å². The summed E-state index contributed by atoms with van der Waals surface area (Å²) in [6.45, 7) is 4.43. The minimum Gasteiger partial charge on any atom is -0.369 e. The second-order valence-corrected chi connectivity index (χ2v) is 8.45. The van der Waals surface area contributed by atoms with E-state index in [4.69, 9.17) is 4.74 Å². The van der Waals surface area contributed by atoms with Crippen molar-refractivity contribution in [2.45, 2.75) is 38.8 Å². The molecule has 1 atom stereocenters. The van der Waals surface area contributed by atoms with Gasteiger partial charge in [0.05, 0.1) is 18.3 Å².